The van der Waals surface area contributed by atoms with Crippen molar-refractivity contribution in [3.63, 3.8) is 0 Å². The molecule has 19 heavy (non-hydrogen) atoms. The van der Waals surface area contributed by atoms with Gasteiger partial charge in [-0.05, 0) is 29.5 Å². The molecule has 0 amide bonds. The summed E-state index contributed by atoms with van der Waals surface area (Å²) >= 11 is 1.21. The molecule has 1 aromatic carbocycles. The number of benzene rings is 1. The largest absolute Gasteiger partial charge is 0.496 e. The molecule has 1 aromatic heterocycles. The molecule has 0 aliphatic heterocycles. The summed E-state index contributed by atoms with van der Waals surface area (Å²) < 4.78 is 32.0. The van der Waals surface area contributed by atoms with E-state index in [0.29, 0.717) is 17.2 Å². The van der Waals surface area contributed by atoms with Crippen LogP contribution in [0.15, 0.2) is 46.0 Å². The third-order valence-electron chi connectivity index (χ3n) is 2.64. The summed E-state index contributed by atoms with van der Waals surface area (Å²) in [6.07, 6.45) is 0.592. The first-order chi connectivity index (χ1) is 9.13. The Bertz CT molecular complexity index is 621. The van der Waals surface area contributed by atoms with E-state index in [2.05, 4.69) is 4.72 Å². The molecule has 0 unspecified atom stereocenters. The summed E-state index contributed by atoms with van der Waals surface area (Å²) in [4.78, 5) is 0. The predicted octanol–water partition coefficient (Wildman–Crippen LogP) is 2.28. The Hall–Kier alpha value is -1.37. The average Bonchev–Trinajstić information content (AvgIpc) is 2.94. The number of thiophene rings is 1. The second kappa shape index (κ2) is 6.18. The maximum absolute atomic E-state index is 11.9. The van der Waals surface area contributed by atoms with Crippen molar-refractivity contribution >= 4 is 21.4 Å². The normalized spacial score (nSPS) is 11.4. The molecule has 0 aliphatic rings. The smallest absolute Gasteiger partial charge is 0.250 e. The standard InChI is InChI=1S/C13H15NO3S2/c1-17-12-6-3-2-5-11(12)8-9-14-19(15,16)13-7-4-10-18-13/h2-7,10,14H,8-9H2,1H3. The lowest BCUT2D eigenvalue weighted by Crippen LogP contribution is -2.25. The van der Waals surface area contributed by atoms with E-state index in [1.54, 1.807) is 24.6 Å². The van der Waals surface area contributed by atoms with Crippen LogP contribution in [0.1, 0.15) is 5.56 Å². The van der Waals surface area contributed by atoms with Crippen LogP contribution in [0.4, 0.5) is 0 Å². The molecule has 0 radical (unpaired) electrons. The number of sulfonamides is 1. The van der Waals surface area contributed by atoms with E-state index < -0.39 is 10.0 Å². The van der Waals surface area contributed by atoms with Crippen molar-refractivity contribution in [2.24, 2.45) is 0 Å². The van der Waals surface area contributed by atoms with E-state index in [-0.39, 0.29) is 0 Å². The van der Waals surface area contributed by atoms with E-state index in [1.807, 2.05) is 24.3 Å². The first-order valence-corrected chi connectivity index (χ1v) is 8.15. The zero-order valence-electron chi connectivity index (χ0n) is 10.5. The Kier molecular flexibility index (Phi) is 4.57. The first kappa shape index (κ1) is 14.0. The van der Waals surface area contributed by atoms with E-state index in [9.17, 15) is 8.42 Å². The Morgan fingerprint density at radius 3 is 2.68 bits per heavy atom. The number of nitrogens with one attached hydrogen (secondary N) is 1. The fraction of sp³-hybridized carbons (Fsp3) is 0.231. The van der Waals surface area contributed by atoms with Crippen molar-refractivity contribution in [2.45, 2.75) is 10.6 Å². The van der Waals surface area contributed by atoms with Crippen LogP contribution < -0.4 is 9.46 Å². The van der Waals surface area contributed by atoms with E-state index >= 15 is 0 Å². The molecule has 6 heteroatoms. The molecule has 0 aliphatic carbocycles. The van der Waals surface area contributed by atoms with Crippen LogP contribution in [-0.2, 0) is 16.4 Å². The summed E-state index contributed by atoms with van der Waals surface area (Å²) in [5, 5.41) is 1.74. The highest BCUT2D eigenvalue weighted by molar-refractivity contribution is 7.91. The average molecular weight is 297 g/mol. The molecule has 2 aromatic rings. The minimum atomic E-state index is -3.38. The van der Waals surface area contributed by atoms with Gasteiger partial charge in [-0.15, -0.1) is 11.3 Å². The van der Waals surface area contributed by atoms with Gasteiger partial charge in [-0.1, -0.05) is 24.3 Å². The number of hydrogen-bond donors (Lipinski definition) is 1. The molecule has 1 heterocycles. The molecule has 0 saturated heterocycles. The lowest BCUT2D eigenvalue weighted by molar-refractivity contribution is 0.409. The lowest BCUT2D eigenvalue weighted by Gasteiger charge is -2.08. The van der Waals surface area contributed by atoms with Gasteiger partial charge in [0.25, 0.3) is 0 Å². The van der Waals surface area contributed by atoms with Crippen molar-refractivity contribution in [2.75, 3.05) is 13.7 Å². The topological polar surface area (TPSA) is 55.4 Å². The zero-order chi connectivity index (χ0) is 13.7. The maximum atomic E-state index is 11.9. The molecule has 0 atom stereocenters. The molecular weight excluding hydrogens is 282 g/mol. The van der Waals surface area contributed by atoms with Crippen molar-refractivity contribution in [1.29, 1.82) is 0 Å². The van der Waals surface area contributed by atoms with E-state index in [4.69, 9.17) is 4.74 Å². The van der Waals surface area contributed by atoms with Crippen LogP contribution in [-0.4, -0.2) is 22.1 Å². The van der Waals surface area contributed by atoms with Gasteiger partial charge in [0.15, 0.2) is 0 Å². The highest BCUT2D eigenvalue weighted by Crippen LogP contribution is 2.18. The quantitative estimate of drug-likeness (QED) is 0.890. The molecule has 2 rings (SSSR count). The van der Waals surface area contributed by atoms with Gasteiger partial charge in [-0.2, -0.15) is 0 Å². The van der Waals surface area contributed by atoms with Gasteiger partial charge >= 0.3 is 0 Å². The summed E-state index contributed by atoms with van der Waals surface area (Å²) in [5.74, 6) is 0.776. The third kappa shape index (κ3) is 3.56. The fourth-order valence-electron chi connectivity index (χ4n) is 1.72. The number of ether oxygens (including phenoxy) is 1. The molecule has 4 nitrogen and oxygen atoms in total. The van der Waals surface area contributed by atoms with Gasteiger partial charge in [-0.3, -0.25) is 0 Å². The van der Waals surface area contributed by atoms with E-state index in [0.717, 1.165) is 11.3 Å². The van der Waals surface area contributed by atoms with Crippen molar-refractivity contribution in [1.82, 2.24) is 4.72 Å². The zero-order valence-corrected chi connectivity index (χ0v) is 12.1. The van der Waals surface area contributed by atoms with Gasteiger partial charge in [0.2, 0.25) is 10.0 Å². The van der Waals surface area contributed by atoms with Gasteiger partial charge in [-0.25, -0.2) is 13.1 Å². The van der Waals surface area contributed by atoms with Gasteiger partial charge in [0.05, 0.1) is 7.11 Å². The molecule has 0 bridgehead atoms. The molecule has 0 fully saturated rings. The highest BCUT2D eigenvalue weighted by Gasteiger charge is 2.14. The Morgan fingerprint density at radius 1 is 1.21 bits per heavy atom. The lowest BCUT2D eigenvalue weighted by atomic mass is 10.1. The molecule has 0 saturated carbocycles. The summed E-state index contributed by atoms with van der Waals surface area (Å²) in [6.45, 7) is 0.348. The predicted molar refractivity (Wildman–Crippen MR) is 76.2 cm³/mol. The third-order valence-corrected chi connectivity index (χ3v) is 5.50. The highest BCUT2D eigenvalue weighted by atomic mass is 32.2. The molecular formula is C13H15NO3S2. The Labute approximate surface area is 117 Å². The van der Waals surface area contributed by atoms with Crippen molar-refractivity contribution < 1.29 is 13.2 Å². The van der Waals surface area contributed by atoms with E-state index in [1.165, 1.54) is 11.3 Å². The van der Waals surface area contributed by atoms with Crippen LogP contribution >= 0.6 is 11.3 Å². The number of methoxy groups -OCH3 is 1. The number of para-hydroxylation sites is 1. The van der Waals surface area contributed by atoms with Crippen LogP contribution in [0, 0.1) is 0 Å². The van der Waals surface area contributed by atoms with Crippen molar-refractivity contribution in [3.05, 3.63) is 47.3 Å². The minimum Gasteiger partial charge on any atom is -0.496 e. The second-order valence-electron chi connectivity index (χ2n) is 3.89. The molecule has 1 N–H and O–H groups in total. The van der Waals surface area contributed by atoms with Crippen LogP contribution in [0.2, 0.25) is 0 Å². The summed E-state index contributed by atoms with van der Waals surface area (Å²) in [7, 11) is -1.77. The first-order valence-electron chi connectivity index (χ1n) is 5.78. The monoisotopic (exact) mass is 297 g/mol. The van der Waals surface area contributed by atoms with Gasteiger partial charge < -0.3 is 4.74 Å². The summed E-state index contributed by atoms with van der Waals surface area (Å²) in [5.41, 5.74) is 0.985. The van der Waals surface area contributed by atoms with Crippen LogP contribution in [0.5, 0.6) is 5.75 Å². The molecule has 0 spiro atoms. The fourth-order valence-corrected chi connectivity index (χ4v) is 3.79. The second-order valence-corrected chi connectivity index (χ2v) is 6.83. The van der Waals surface area contributed by atoms with Gasteiger partial charge in [0, 0.05) is 6.54 Å². The Balaban J connectivity index is 1.97. The van der Waals surface area contributed by atoms with Crippen LogP contribution in [0.3, 0.4) is 0 Å². The Morgan fingerprint density at radius 2 is 2.00 bits per heavy atom. The number of hydrogen-bond acceptors (Lipinski definition) is 4. The minimum absolute atomic E-state index is 0.340. The maximum Gasteiger partial charge on any atom is 0.250 e. The molecule has 102 valence electrons. The van der Waals surface area contributed by atoms with Gasteiger partial charge in [0.1, 0.15) is 9.96 Å². The SMILES string of the molecule is COc1ccccc1CCNS(=O)(=O)c1cccs1. The van der Waals surface area contributed by atoms with Crippen molar-refractivity contribution in [3.8, 4) is 5.75 Å². The number of rotatable bonds is 6. The summed E-state index contributed by atoms with van der Waals surface area (Å²) in [6, 6.07) is 10.9. The van der Waals surface area contributed by atoms with Crippen LogP contribution in [0.25, 0.3) is 0 Å².